The van der Waals surface area contributed by atoms with Gasteiger partial charge in [-0.25, -0.2) is 0 Å². The second-order valence-electron chi connectivity index (χ2n) is 4.34. The van der Waals surface area contributed by atoms with Crippen LogP contribution in [0.2, 0.25) is 0 Å². The van der Waals surface area contributed by atoms with Gasteiger partial charge in [-0.05, 0) is 26.2 Å². The van der Waals surface area contributed by atoms with Crippen molar-refractivity contribution in [2.45, 2.75) is 45.3 Å². The number of thioether (sulfide) groups is 1. The first kappa shape index (κ1) is 12.4. The molecular formula is C10H20N4S. The van der Waals surface area contributed by atoms with E-state index in [1.165, 1.54) is 6.42 Å². The summed E-state index contributed by atoms with van der Waals surface area (Å²) in [5.74, 6) is 2.31. The lowest BCUT2D eigenvalue weighted by atomic mass is 10.2. The van der Waals surface area contributed by atoms with E-state index in [4.69, 9.17) is 5.73 Å². The SMILES string of the molecule is CC(C)CCSc1nnc(N)n1C(C)C. The average molecular weight is 228 g/mol. The molecule has 86 valence electrons. The highest BCUT2D eigenvalue weighted by Gasteiger charge is 2.12. The molecule has 0 fully saturated rings. The summed E-state index contributed by atoms with van der Waals surface area (Å²) in [5.41, 5.74) is 5.75. The van der Waals surface area contributed by atoms with E-state index in [0.717, 1.165) is 16.8 Å². The van der Waals surface area contributed by atoms with E-state index in [1.807, 2.05) is 4.57 Å². The van der Waals surface area contributed by atoms with Crippen LogP contribution in [0.3, 0.4) is 0 Å². The fraction of sp³-hybridized carbons (Fsp3) is 0.800. The number of hydrogen-bond donors (Lipinski definition) is 1. The molecule has 1 rings (SSSR count). The fourth-order valence-corrected chi connectivity index (χ4v) is 2.57. The van der Waals surface area contributed by atoms with E-state index < -0.39 is 0 Å². The zero-order valence-electron chi connectivity index (χ0n) is 9.90. The Hall–Kier alpha value is -0.710. The van der Waals surface area contributed by atoms with Crippen LogP contribution in [0.25, 0.3) is 0 Å². The van der Waals surface area contributed by atoms with Crippen LogP contribution in [-0.2, 0) is 0 Å². The molecule has 0 unspecified atom stereocenters. The Morgan fingerprint density at radius 1 is 1.27 bits per heavy atom. The van der Waals surface area contributed by atoms with Crippen molar-refractivity contribution in [3.05, 3.63) is 0 Å². The molecule has 0 aliphatic heterocycles. The summed E-state index contributed by atoms with van der Waals surface area (Å²) >= 11 is 1.73. The lowest BCUT2D eigenvalue weighted by Crippen LogP contribution is -2.07. The number of hydrogen-bond acceptors (Lipinski definition) is 4. The third-order valence-electron chi connectivity index (χ3n) is 2.13. The molecule has 1 aromatic heterocycles. The highest BCUT2D eigenvalue weighted by atomic mass is 32.2. The van der Waals surface area contributed by atoms with Crippen LogP contribution in [-0.4, -0.2) is 20.5 Å². The lowest BCUT2D eigenvalue weighted by molar-refractivity contribution is 0.556. The Morgan fingerprint density at radius 2 is 1.93 bits per heavy atom. The van der Waals surface area contributed by atoms with E-state index >= 15 is 0 Å². The Balaban J connectivity index is 2.61. The van der Waals surface area contributed by atoms with Crippen LogP contribution >= 0.6 is 11.8 Å². The summed E-state index contributed by atoms with van der Waals surface area (Å²) in [6, 6.07) is 0.321. The van der Waals surface area contributed by atoms with Gasteiger partial charge in [-0.15, -0.1) is 10.2 Å². The maximum Gasteiger partial charge on any atom is 0.222 e. The Bertz CT molecular complexity index is 306. The van der Waals surface area contributed by atoms with Crippen molar-refractivity contribution < 1.29 is 0 Å². The molecule has 1 aromatic rings. The Labute approximate surface area is 95.6 Å². The number of aromatic nitrogens is 3. The highest BCUT2D eigenvalue weighted by molar-refractivity contribution is 7.99. The van der Waals surface area contributed by atoms with Gasteiger partial charge in [0.1, 0.15) is 0 Å². The van der Waals surface area contributed by atoms with E-state index in [-0.39, 0.29) is 0 Å². The van der Waals surface area contributed by atoms with Crippen molar-refractivity contribution >= 4 is 17.7 Å². The van der Waals surface area contributed by atoms with Gasteiger partial charge < -0.3 is 5.73 Å². The van der Waals surface area contributed by atoms with Crippen molar-refractivity contribution in [1.29, 1.82) is 0 Å². The number of rotatable bonds is 5. The zero-order chi connectivity index (χ0) is 11.4. The number of anilines is 1. The topological polar surface area (TPSA) is 56.7 Å². The normalized spacial score (nSPS) is 11.6. The third kappa shape index (κ3) is 3.41. The monoisotopic (exact) mass is 228 g/mol. The second kappa shape index (κ2) is 5.39. The molecule has 0 aromatic carbocycles. The first-order chi connectivity index (χ1) is 7.02. The smallest absolute Gasteiger partial charge is 0.222 e. The molecule has 0 atom stereocenters. The maximum absolute atomic E-state index is 5.75. The molecular weight excluding hydrogens is 208 g/mol. The van der Waals surface area contributed by atoms with Crippen LogP contribution in [0.5, 0.6) is 0 Å². The van der Waals surface area contributed by atoms with Crippen molar-refractivity contribution in [3.63, 3.8) is 0 Å². The van der Waals surface area contributed by atoms with Crippen LogP contribution in [0, 0.1) is 5.92 Å². The molecule has 0 aliphatic carbocycles. The van der Waals surface area contributed by atoms with Crippen molar-refractivity contribution in [3.8, 4) is 0 Å². The van der Waals surface area contributed by atoms with Gasteiger partial charge in [0, 0.05) is 11.8 Å². The van der Waals surface area contributed by atoms with Crippen LogP contribution < -0.4 is 5.73 Å². The van der Waals surface area contributed by atoms with Crippen LogP contribution in [0.1, 0.15) is 40.2 Å². The largest absolute Gasteiger partial charge is 0.368 e. The fourth-order valence-electron chi connectivity index (χ4n) is 1.26. The van der Waals surface area contributed by atoms with Gasteiger partial charge in [0.05, 0.1) is 0 Å². The van der Waals surface area contributed by atoms with Crippen LogP contribution in [0.4, 0.5) is 5.95 Å². The predicted octanol–water partition coefficient (Wildman–Crippen LogP) is 2.58. The molecule has 0 radical (unpaired) electrons. The van der Waals surface area contributed by atoms with Crippen molar-refractivity contribution in [2.75, 3.05) is 11.5 Å². The number of nitrogens with zero attached hydrogens (tertiary/aromatic N) is 3. The van der Waals surface area contributed by atoms with E-state index in [0.29, 0.717) is 12.0 Å². The molecule has 15 heavy (non-hydrogen) atoms. The van der Waals surface area contributed by atoms with Gasteiger partial charge in [-0.3, -0.25) is 4.57 Å². The summed E-state index contributed by atoms with van der Waals surface area (Å²) in [6.45, 7) is 8.63. The molecule has 0 bridgehead atoms. The first-order valence-corrected chi connectivity index (χ1v) is 6.34. The Morgan fingerprint density at radius 3 is 2.47 bits per heavy atom. The van der Waals surface area contributed by atoms with Gasteiger partial charge in [0.15, 0.2) is 5.16 Å². The van der Waals surface area contributed by atoms with E-state index in [2.05, 4.69) is 37.9 Å². The van der Waals surface area contributed by atoms with Crippen LogP contribution in [0.15, 0.2) is 5.16 Å². The minimum Gasteiger partial charge on any atom is -0.368 e. The predicted molar refractivity (Wildman–Crippen MR) is 65.0 cm³/mol. The highest BCUT2D eigenvalue weighted by Crippen LogP contribution is 2.23. The summed E-state index contributed by atoms with van der Waals surface area (Å²) < 4.78 is 1.98. The first-order valence-electron chi connectivity index (χ1n) is 5.35. The molecule has 0 amide bonds. The molecule has 0 spiro atoms. The number of nitrogen functional groups attached to an aromatic ring is 1. The zero-order valence-corrected chi connectivity index (χ0v) is 10.7. The van der Waals surface area contributed by atoms with E-state index in [1.54, 1.807) is 11.8 Å². The molecule has 1 heterocycles. The van der Waals surface area contributed by atoms with Gasteiger partial charge >= 0.3 is 0 Å². The summed E-state index contributed by atoms with van der Waals surface area (Å²) in [7, 11) is 0. The average Bonchev–Trinajstić information content (AvgIpc) is 2.46. The van der Waals surface area contributed by atoms with E-state index in [9.17, 15) is 0 Å². The Kier molecular flexibility index (Phi) is 4.45. The van der Waals surface area contributed by atoms with Gasteiger partial charge in [-0.1, -0.05) is 25.6 Å². The molecule has 0 saturated heterocycles. The third-order valence-corrected chi connectivity index (χ3v) is 3.11. The van der Waals surface area contributed by atoms with Gasteiger partial charge in [0.25, 0.3) is 0 Å². The molecule has 4 nitrogen and oxygen atoms in total. The summed E-state index contributed by atoms with van der Waals surface area (Å²) in [4.78, 5) is 0. The van der Waals surface area contributed by atoms with Crippen molar-refractivity contribution in [2.24, 2.45) is 5.92 Å². The van der Waals surface area contributed by atoms with Gasteiger partial charge in [-0.2, -0.15) is 0 Å². The summed E-state index contributed by atoms with van der Waals surface area (Å²) in [6.07, 6.45) is 1.19. The quantitative estimate of drug-likeness (QED) is 0.787. The lowest BCUT2D eigenvalue weighted by Gasteiger charge is -2.11. The maximum atomic E-state index is 5.75. The second-order valence-corrected chi connectivity index (χ2v) is 5.40. The molecule has 0 aliphatic rings. The molecule has 5 heteroatoms. The minimum atomic E-state index is 0.321. The van der Waals surface area contributed by atoms with Gasteiger partial charge in [0.2, 0.25) is 5.95 Å². The number of nitrogens with two attached hydrogens (primary N) is 1. The minimum absolute atomic E-state index is 0.321. The molecule has 2 N–H and O–H groups in total. The standard InChI is InChI=1S/C10H20N4S/c1-7(2)5-6-15-10-13-12-9(11)14(10)8(3)4/h7-8H,5-6H2,1-4H3,(H2,11,12). The molecule has 0 saturated carbocycles. The van der Waals surface area contributed by atoms with Crippen molar-refractivity contribution in [1.82, 2.24) is 14.8 Å². The summed E-state index contributed by atoms with van der Waals surface area (Å²) in [5, 5.41) is 8.92.